The number of hydrogen-bond donors (Lipinski definition) is 2. The number of carbonyl (C=O) groups is 1. The highest BCUT2D eigenvalue weighted by molar-refractivity contribution is 5.92. The molecule has 3 nitrogen and oxygen atoms in total. The summed E-state index contributed by atoms with van der Waals surface area (Å²) in [5.41, 5.74) is 1.01. The zero-order chi connectivity index (χ0) is 8.97. The van der Waals surface area contributed by atoms with Crippen LogP contribution in [0.2, 0.25) is 0 Å². The van der Waals surface area contributed by atoms with E-state index in [1.165, 1.54) is 0 Å². The Balaban J connectivity index is 2.31. The molecule has 1 atom stereocenters. The fourth-order valence-corrected chi connectivity index (χ4v) is 1.29. The van der Waals surface area contributed by atoms with Crippen LogP contribution in [0.5, 0.6) is 0 Å². The van der Waals surface area contributed by atoms with Gasteiger partial charge in [0.15, 0.2) is 5.78 Å². The Morgan fingerprint density at radius 1 is 1.67 bits per heavy atom. The molecule has 0 radical (unpaired) electrons. The Morgan fingerprint density at radius 3 is 2.92 bits per heavy atom. The summed E-state index contributed by atoms with van der Waals surface area (Å²) in [6.07, 6.45) is 3.85. The summed E-state index contributed by atoms with van der Waals surface area (Å²) in [5.74, 6) is 0.202. The van der Waals surface area contributed by atoms with Crippen molar-refractivity contribution in [2.24, 2.45) is 0 Å². The van der Waals surface area contributed by atoms with Crippen molar-refractivity contribution >= 4 is 5.78 Å². The number of ketones is 1. The lowest BCUT2D eigenvalue weighted by Crippen LogP contribution is -2.25. The lowest BCUT2D eigenvalue weighted by Gasteiger charge is -2.13. The number of hydrogen-bond acceptors (Lipinski definition) is 3. The SMILES string of the molecule is CC(CCO)NC1=CC(=O)CC1. The van der Waals surface area contributed by atoms with Crippen LogP contribution in [0.4, 0.5) is 0 Å². The van der Waals surface area contributed by atoms with Gasteiger partial charge in [0.25, 0.3) is 0 Å². The molecule has 0 spiro atoms. The first-order valence-corrected chi connectivity index (χ1v) is 4.33. The Hall–Kier alpha value is -0.830. The number of allylic oxidation sites excluding steroid dienone is 2. The smallest absolute Gasteiger partial charge is 0.157 e. The second-order valence-electron chi connectivity index (χ2n) is 3.19. The van der Waals surface area contributed by atoms with E-state index in [0.717, 1.165) is 18.5 Å². The van der Waals surface area contributed by atoms with E-state index < -0.39 is 0 Å². The van der Waals surface area contributed by atoms with E-state index in [1.54, 1.807) is 6.08 Å². The third kappa shape index (κ3) is 2.66. The minimum Gasteiger partial charge on any atom is -0.396 e. The van der Waals surface area contributed by atoms with E-state index in [9.17, 15) is 4.79 Å². The zero-order valence-electron chi connectivity index (χ0n) is 7.34. The average Bonchev–Trinajstić information content (AvgIpc) is 2.36. The Kier molecular flexibility index (Phi) is 3.29. The molecule has 0 aliphatic heterocycles. The maximum atomic E-state index is 10.8. The molecule has 2 N–H and O–H groups in total. The van der Waals surface area contributed by atoms with Crippen molar-refractivity contribution in [3.8, 4) is 0 Å². The van der Waals surface area contributed by atoms with E-state index in [1.807, 2.05) is 6.92 Å². The van der Waals surface area contributed by atoms with Crippen molar-refractivity contribution < 1.29 is 9.90 Å². The van der Waals surface area contributed by atoms with Crippen LogP contribution in [-0.4, -0.2) is 23.5 Å². The van der Waals surface area contributed by atoms with Gasteiger partial charge in [0.2, 0.25) is 0 Å². The fraction of sp³-hybridized carbons (Fsp3) is 0.667. The van der Waals surface area contributed by atoms with Gasteiger partial charge in [-0.05, 0) is 19.8 Å². The highest BCUT2D eigenvalue weighted by Crippen LogP contribution is 2.12. The summed E-state index contributed by atoms with van der Waals surface area (Å²) >= 11 is 0. The molecule has 0 aromatic rings. The van der Waals surface area contributed by atoms with Gasteiger partial charge in [-0.2, -0.15) is 0 Å². The molecule has 1 unspecified atom stereocenters. The molecule has 1 rings (SSSR count). The lowest BCUT2D eigenvalue weighted by atomic mass is 10.2. The first kappa shape index (κ1) is 9.26. The van der Waals surface area contributed by atoms with E-state index in [4.69, 9.17) is 5.11 Å². The molecule has 1 aliphatic carbocycles. The molecule has 0 aromatic carbocycles. The monoisotopic (exact) mass is 169 g/mol. The van der Waals surface area contributed by atoms with E-state index in [2.05, 4.69) is 5.32 Å². The van der Waals surface area contributed by atoms with Crippen molar-refractivity contribution in [2.75, 3.05) is 6.61 Å². The lowest BCUT2D eigenvalue weighted by molar-refractivity contribution is -0.114. The first-order chi connectivity index (χ1) is 5.72. The van der Waals surface area contributed by atoms with Crippen LogP contribution in [0.1, 0.15) is 26.2 Å². The predicted molar refractivity (Wildman–Crippen MR) is 46.6 cm³/mol. The molecular formula is C9H15NO2. The van der Waals surface area contributed by atoms with Crippen LogP contribution in [0.3, 0.4) is 0 Å². The number of aliphatic hydroxyl groups is 1. The minimum atomic E-state index is 0.190. The summed E-state index contributed by atoms with van der Waals surface area (Å²) in [6, 6.07) is 0.257. The number of carbonyl (C=O) groups excluding carboxylic acids is 1. The molecule has 0 bridgehead atoms. The third-order valence-corrected chi connectivity index (χ3v) is 1.97. The topological polar surface area (TPSA) is 49.3 Å². The van der Waals surface area contributed by atoms with Gasteiger partial charge in [0.1, 0.15) is 0 Å². The van der Waals surface area contributed by atoms with Gasteiger partial charge in [0.05, 0.1) is 0 Å². The molecule has 68 valence electrons. The van der Waals surface area contributed by atoms with E-state index in [0.29, 0.717) is 6.42 Å². The Labute approximate surface area is 72.5 Å². The van der Waals surface area contributed by atoms with Crippen LogP contribution in [-0.2, 0) is 4.79 Å². The highest BCUT2D eigenvalue weighted by Gasteiger charge is 2.12. The van der Waals surface area contributed by atoms with Gasteiger partial charge in [-0.3, -0.25) is 4.79 Å². The summed E-state index contributed by atoms with van der Waals surface area (Å²) in [5, 5.41) is 11.8. The van der Waals surface area contributed by atoms with Crippen LogP contribution in [0.15, 0.2) is 11.8 Å². The van der Waals surface area contributed by atoms with Crippen molar-refractivity contribution in [3.05, 3.63) is 11.8 Å². The van der Waals surface area contributed by atoms with E-state index >= 15 is 0 Å². The molecule has 12 heavy (non-hydrogen) atoms. The quantitative estimate of drug-likeness (QED) is 0.647. The molecule has 0 saturated carbocycles. The largest absolute Gasteiger partial charge is 0.396 e. The van der Waals surface area contributed by atoms with Gasteiger partial charge in [-0.1, -0.05) is 0 Å². The van der Waals surface area contributed by atoms with Gasteiger partial charge >= 0.3 is 0 Å². The van der Waals surface area contributed by atoms with E-state index in [-0.39, 0.29) is 18.4 Å². The van der Waals surface area contributed by atoms with Crippen LogP contribution in [0.25, 0.3) is 0 Å². The number of rotatable bonds is 4. The molecule has 0 saturated heterocycles. The zero-order valence-corrected chi connectivity index (χ0v) is 7.34. The Morgan fingerprint density at radius 2 is 2.42 bits per heavy atom. The summed E-state index contributed by atoms with van der Waals surface area (Å²) in [4.78, 5) is 10.8. The molecule has 0 fully saturated rings. The number of aliphatic hydroxyl groups excluding tert-OH is 1. The minimum absolute atomic E-state index is 0.190. The van der Waals surface area contributed by atoms with Crippen molar-refractivity contribution in [3.63, 3.8) is 0 Å². The first-order valence-electron chi connectivity index (χ1n) is 4.33. The predicted octanol–water partition coefficient (Wildman–Crippen LogP) is 0.594. The maximum Gasteiger partial charge on any atom is 0.157 e. The normalized spacial score (nSPS) is 19.2. The standard InChI is InChI=1S/C9H15NO2/c1-7(4-5-11)10-8-2-3-9(12)6-8/h6-7,10-11H,2-5H2,1H3. The summed E-state index contributed by atoms with van der Waals surface area (Å²) in [7, 11) is 0. The molecular weight excluding hydrogens is 154 g/mol. The van der Waals surface area contributed by atoms with Crippen LogP contribution >= 0.6 is 0 Å². The molecule has 0 amide bonds. The van der Waals surface area contributed by atoms with Gasteiger partial charge in [0, 0.05) is 30.8 Å². The van der Waals surface area contributed by atoms with Crippen molar-refractivity contribution in [1.82, 2.24) is 5.32 Å². The van der Waals surface area contributed by atoms with Gasteiger partial charge < -0.3 is 10.4 Å². The fourth-order valence-electron chi connectivity index (χ4n) is 1.29. The third-order valence-electron chi connectivity index (χ3n) is 1.97. The number of nitrogens with one attached hydrogen (secondary N) is 1. The van der Waals surface area contributed by atoms with Crippen LogP contribution < -0.4 is 5.32 Å². The summed E-state index contributed by atoms with van der Waals surface area (Å²) < 4.78 is 0. The van der Waals surface area contributed by atoms with Crippen molar-refractivity contribution in [1.29, 1.82) is 0 Å². The molecule has 1 aliphatic rings. The molecule has 0 heterocycles. The summed E-state index contributed by atoms with van der Waals surface area (Å²) in [6.45, 7) is 2.19. The maximum absolute atomic E-state index is 10.8. The highest BCUT2D eigenvalue weighted by atomic mass is 16.3. The second kappa shape index (κ2) is 4.26. The second-order valence-corrected chi connectivity index (χ2v) is 3.19. The van der Waals surface area contributed by atoms with Gasteiger partial charge in [-0.25, -0.2) is 0 Å². The molecule has 0 aromatic heterocycles. The average molecular weight is 169 g/mol. The Bertz CT molecular complexity index is 199. The van der Waals surface area contributed by atoms with Crippen LogP contribution in [0, 0.1) is 0 Å². The molecule has 3 heteroatoms. The van der Waals surface area contributed by atoms with Crippen molar-refractivity contribution in [2.45, 2.75) is 32.2 Å². The van der Waals surface area contributed by atoms with Gasteiger partial charge in [-0.15, -0.1) is 0 Å².